The first-order valence-corrected chi connectivity index (χ1v) is 8.44. The van der Waals surface area contributed by atoms with Crippen molar-refractivity contribution in [2.24, 2.45) is 5.92 Å². The van der Waals surface area contributed by atoms with E-state index in [0.29, 0.717) is 12.5 Å². The Hall–Kier alpha value is -2.55. The summed E-state index contributed by atoms with van der Waals surface area (Å²) in [4.78, 5) is 14.0. The van der Waals surface area contributed by atoms with Crippen molar-refractivity contribution >= 4 is 11.7 Å². The minimum absolute atomic E-state index is 0.220. The van der Waals surface area contributed by atoms with E-state index in [1.807, 2.05) is 48.5 Å². The van der Waals surface area contributed by atoms with Crippen LogP contribution in [0.25, 0.3) is 5.57 Å². The summed E-state index contributed by atoms with van der Waals surface area (Å²) in [6.07, 6.45) is 1.66. The Balaban J connectivity index is 1.48. The second-order valence-electron chi connectivity index (χ2n) is 6.19. The van der Waals surface area contributed by atoms with Gasteiger partial charge in [0.1, 0.15) is 6.61 Å². The third-order valence-corrected chi connectivity index (χ3v) is 4.60. The highest BCUT2D eigenvalue weighted by atomic mass is 16.6. The van der Waals surface area contributed by atoms with E-state index in [1.54, 1.807) is 4.90 Å². The Morgan fingerprint density at radius 1 is 1.00 bits per heavy atom. The van der Waals surface area contributed by atoms with Crippen molar-refractivity contribution in [2.75, 3.05) is 13.1 Å². The summed E-state index contributed by atoms with van der Waals surface area (Å²) in [5, 5.41) is 0. The molecular weight excluding hydrogens is 298 g/mol. The number of benzene rings is 2. The van der Waals surface area contributed by atoms with Crippen molar-refractivity contribution in [1.29, 1.82) is 0 Å². The van der Waals surface area contributed by atoms with Crippen LogP contribution in [-0.4, -0.2) is 24.1 Å². The third kappa shape index (κ3) is 4.05. The number of nitrogens with zero attached hydrogens (tertiary/aromatic N) is 1. The van der Waals surface area contributed by atoms with Gasteiger partial charge in [-0.05, 0) is 35.5 Å². The van der Waals surface area contributed by atoms with Crippen LogP contribution in [0.15, 0.2) is 67.2 Å². The van der Waals surface area contributed by atoms with E-state index in [0.717, 1.165) is 31.5 Å². The highest BCUT2D eigenvalue weighted by Gasteiger charge is 2.25. The highest BCUT2D eigenvalue weighted by Crippen LogP contribution is 2.30. The van der Waals surface area contributed by atoms with Crippen LogP contribution in [0.5, 0.6) is 0 Å². The summed E-state index contributed by atoms with van der Waals surface area (Å²) >= 11 is 0. The van der Waals surface area contributed by atoms with Gasteiger partial charge in [0.15, 0.2) is 0 Å². The second-order valence-corrected chi connectivity index (χ2v) is 6.19. The van der Waals surface area contributed by atoms with Gasteiger partial charge in [0.05, 0.1) is 0 Å². The number of carbonyl (C=O) groups excluding carboxylic acids is 1. The smallest absolute Gasteiger partial charge is 0.410 e. The lowest BCUT2D eigenvalue weighted by atomic mass is 9.86. The molecule has 0 radical (unpaired) electrons. The molecule has 3 heteroatoms. The molecule has 0 unspecified atom stereocenters. The van der Waals surface area contributed by atoms with Crippen LogP contribution in [0.2, 0.25) is 0 Å². The van der Waals surface area contributed by atoms with Crippen LogP contribution in [0.3, 0.4) is 0 Å². The Morgan fingerprint density at radius 2 is 1.58 bits per heavy atom. The highest BCUT2D eigenvalue weighted by molar-refractivity contribution is 5.69. The molecule has 1 amide bonds. The van der Waals surface area contributed by atoms with E-state index >= 15 is 0 Å². The van der Waals surface area contributed by atoms with E-state index in [1.165, 1.54) is 11.1 Å². The van der Waals surface area contributed by atoms with Crippen molar-refractivity contribution in [1.82, 2.24) is 4.90 Å². The zero-order valence-corrected chi connectivity index (χ0v) is 13.9. The van der Waals surface area contributed by atoms with Crippen molar-refractivity contribution in [2.45, 2.75) is 19.4 Å². The minimum Gasteiger partial charge on any atom is -0.445 e. The molecule has 3 nitrogen and oxygen atoms in total. The fourth-order valence-corrected chi connectivity index (χ4v) is 3.11. The second kappa shape index (κ2) is 7.82. The van der Waals surface area contributed by atoms with Crippen LogP contribution >= 0.6 is 0 Å². The summed E-state index contributed by atoms with van der Waals surface area (Å²) < 4.78 is 5.41. The molecule has 0 spiro atoms. The average molecular weight is 321 g/mol. The minimum atomic E-state index is -0.220. The molecule has 0 saturated carbocycles. The first-order valence-electron chi connectivity index (χ1n) is 8.44. The number of hydrogen-bond donors (Lipinski definition) is 0. The molecule has 0 atom stereocenters. The molecule has 1 fully saturated rings. The molecule has 0 aliphatic carbocycles. The summed E-state index contributed by atoms with van der Waals surface area (Å²) in [5.41, 5.74) is 3.38. The van der Waals surface area contributed by atoms with Gasteiger partial charge in [0, 0.05) is 13.1 Å². The number of allylic oxidation sites excluding steroid dienone is 1. The standard InChI is InChI=1S/C21H23NO2/c1-17(19-10-6-3-7-11-19)20-12-14-22(15-13-20)21(23)24-16-18-8-4-2-5-9-18/h2-11,20H,1,12-16H2. The van der Waals surface area contributed by atoms with E-state index in [2.05, 4.69) is 18.7 Å². The Kier molecular flexibility index (Phi) is 5.32. The van der Waals surface area contributed by atoms with Crippen molar-refractivity contribution < 1.29 is 9.53 Å². The topological polar surface area (TPSA) is 29.5 Å². The molecule has 1 aliphatic rings. The van der Waals surface area contributed by atoms with Crippen molar-refractivity contribution in [3.05, 3.63) is 78.4 Å². The van der Waals surface area contributed by atoms with Gasteiger partial charge in [-0.3, -0.25) is 0 Å². The van der Waals surface area contributed by atoms with Gasteiger partial charge in [-0.1, -0.05) is 67.2 Å². The summed E-state index contributed by atoms with van der Waals surface area (Å²) in [7, 11) is 0. The van der Waals surface area contributed by atoms with Crippen LogP contribution in [-0.2, 0) is 11.3 Å². The lowest BCUT2D eigenvalue weighted by Gasteiger charge is -2.32. The molecule has 2 aromatic rings. The number of rotatable bonds is 4. The number of likely N-dealkylation sites (tertiary alicyclic amines) is 1. The molecule has 1 aliphatic heterocycles. The van der Waals surface area contributed by atoms with E-state index < -0.39 is 0 Å². The number of hydrogen-bond acceptors (Lipinski definition) is 2. The Bertz CT molecular complexity index is 673. The zero-order valence-electron chi connectivity index (χ0n) is 13.9. The van der Waals surface area contributed by atoms with Gasteiger partial charge in [-0.15, -0.1) is 0 Å². The normalized spacial score (nSPS) is 15.1. The number of piperidine rings is 1. The maximum absolute atomic E-state index is 12.2. The Labute approximate surface area is 143 Å². The van der Waals surface area contributed by atoms with E-state index in [-0.39, 0.29) is 6.09 Å². The molecule has 0 aromatic heterocycles. The zero-order chi connectivity index (χ0) is 16.8. The number of ether oxygens (including phenoxy) is 1. The van der Waals surface area contributed by atoms with Crippen LogP contribution in [0, 0.1) is 5.92 Å². The molecule has 0 bridgehead atoms. The molecule has 3 rings (SSSR count). The summed E-state index contributed by atoms with van der Waals surface area (Å²) in [5.74, 6) is 0.436. The molecule has 1 heterocycles. The van der Waals surface area contributed by atoms with Crippen LogP contribution in [0.4, 0.5) is 4.79 Å². The lowest BCUT2D eigenvalue weighted by molar-refractivity contribution is 0.0860. The average Bonchev–Trinajstić information content (AvgIpc) is 2.67. The maximum atomic E-state index is 12.2. The SMILES string of the molecule is C=C(c1ccccc1)C1CCN(C(=O)OCc2ccccc2)CC1. The molecule has 24 heavy (non-hydrogen) atoms. The first kappa shape index (κ1) is 16.3. The molecule has 124 valence electrons. The Morgan fingerprint density at radius 3 is 2.21 bits per heavy atom. The molecule has 1 saturated heterocycles. The van der Waals surface area contributed by atoms with Gasteiger partial charge in [-0.25, -0.2) is 4.79 Å². The van der Waals surface area contributed by atoms with Crippen LogP contribution < -0.4 is 0 Å². The lowest BCUT2D eigenvalue weighted by Crippen LogP contribution is -2.38. The molecule has 2 aromatic carbocycles. The quantitative estimate of drug-likeness (QED) is 0.813. The van der Waals surface area contributed by atoms with E-state index in [4.69, 9.17) is 4.74 Å². The van der Waals surface area contributed by atoms with E-state index in [9.17, 15) is 4.79 Å². The fourth-order valence-electron chi connectivity index (χ4n) is 3.11. The fraction of sp³-hybridized carbons (Fsp3) is 0.286. The number of amides is 1. The first-order chi connectivity index (χ1) is 11.7. The van der Waals surface area contributed by atoms with Crippen molar-refractivity contribution in [3.63, 3.8) is 0 Å². The largest absolute Gasteiger partial charge is 0.445 e. The monoisotopic (exact) mass is 321 g/mol. The van der Waals surface area contributed by atoms with Gasteiger partial charge in [0.2, 0.25) is 0 Å². The summed E-state index contributed by atoms with van der Waals surface area (Å²) in [6.45, 7) is 6.04. The van der Waals surface area contributed by atoms with Gasteiger partial charge < -0.3 is 9.64 Å². The summed E-state index contributed by atoms with van der Waals surface area (Å²) in [6, 6.07) is 20.1. The number of carbonyl (C=O) groups is 1. The third-order valence-electron chi connectivity index (χ3n) is 4.60. The van der Waals surface area contributed by atoms with Gasteiger partial charge in [0.25, 0.3) is 0 Å². The van der Waals surface area contributed by atoms with Gasteiger partial charge in [-0.2, -0.15) is 0 Å². The maximum Gasteiger partial charge on any atom is 0.410 e. The van der Waals surface area contributed by atoms with Crippen LogP contribution in [0.1, 0.15) is 24.0 Å². The van der Waals surface area contributed by atoms with Crippen molar-refractivity contribution in [3.8, 4) is 0 Å². The predicted octanol–water partition coefficient (Wildman–Crippen LogP) is 4.75. The predicted molar refractivity (Wildman–Crippen MR) is 96.4 cm³/mol. The molecular formula is C21H23NO2. The van der Waals surface area contributed by atoms with Gasteiger partial charge >= 0.3 is 6.09 Å². The molecule has 0 N–H and O–H groups in total.